The van der Waals surface area contributed by atoms with Gasteiger partial charge in [-0.1, -0.05) is 19.8 Å². The van der Waals surface area contributed by atoms with E-state index in [2.05, 4.69) is 18.3 Å². The van der Waals surface area contributed by atoms with Gasteiger partial charge in [0.15, 0.2) is 0 Å². The Bertz CT molecular complexity index is 402. The predicted octanol–water partition coefficient (Wildman–Crippen LogP) is 3.54. The molecule has 0 radical (unpaired) electrons. The molecule has 0 aromatic heterocycles. The molecule has 1 fully saturated rings. The lowest BCUT2D eigenvalue weighted by molar-refractivity contribution is 0.382. The van der Waals surface area contributed by atoms with Gasteiger partial charge in [0.25, 0.3) is 0 Å². The first kappa shape index (κ1) is 14.2. The Morgan fingerprint density at radius 1 is 1.26 bits per heavy atom. The van der Waals surface area contributed by atoms with Crippen molar-refractivity contribution in [3.05, 3.63) is 23.8 Å². The summed E-state index contributed by atoms with van der Waals surface area (Å²) in [4.78, 5) is 0. The molecule has 3 nitrogen and oxygen atoms in total. The monoisotopic (exact) mass is 263 g/mol. The molecule has 1 aliphatic carbocycles. The van der Waals surface area contributed by atoms with Crippen LogP contribution < -0.4 is 14.8 Å². The Morgan fingerprint density at radius 2 is 2.05 bits per heavy atom. The minimum Gasteiger partial charge on any atom is -0.497 e. The molecule has 2 rings (SSSR count). The van der Waals surface area contributed by atoms with Crippen LogP contribution in [0.4, 0.5) is 0 Å². The van der Waals surface area contributed by atoms with Crippen LogP contribution in [0.25, 0.3) is 0 Å². The first-order valence-corrected chi connectivity index (χ1v) is 7.23. The number of hydrogen-bond donors (Lipinski definition) is 1. The summed E-state index contributed by atoms with van der Waals surface area (Å²) in [7, 11) is 3.44. The molecule has 3 heteroatoms. The SMILES string of the molecule is CCCNC(CC1CC1)c1cc(OC)ccc1OC. The smallest absolute Gasteiger partial charge is 0.123 e. The molecule has 1 N–H and O–H groups in total. The molecule has 0 amide bonds. The van der Waals surface area contributed by atoms with Crippen LogP contribution in [0.5, 0.6) is 11.5 Å². The van der Waals surface area contributed by atoms with E-state index in [1.807, 2.05) is 12.1 Å². The van der Waals surface area contributed by atoms with Gasteiger partial charge in [0.05, 0.1) is 14.2 Å². The van der Waals surface area contributed by atoms with Gasteiger partial charge in [-0.3, -0.25) is 0 Å². The molecular formula is C16H25NO2. The minimum atomic E-state index is 0.373. The van der Waals surface area contributed by atoms with E-state index in [0.717, 1.165) is 30.4 Å². The van der Waals surface area contributed by atoms with Crippen LogP contribution in [0.3, 0.4) is 0 Å². The number of benzene rings is 1. The first-order valence-electron chi connectivity index (χ1n) is 7.23. The van der Waals surface area contributed by atoms with E-state index >= 15 is 0 Å². The average Bonchev–Trinajstić information content (AvgIpc) is 3.26. The van der Waals surface area contributed by atoms with Crippen molar-refractivity contribution >= 4 is 0 Å². The summed E-state index contributed by atoms with van der Waals surface area (Å²) in [5.41, 5.74) is 1.22. The molecule has 1 atom stereocenters. The average molecular weight is 263 g/mol. The Kier molecular flexibility index (Phi) is 5.08. The van der Waals surface area contributed by atoms with Crippen molar-refractivity contribution in [3.8, 4) is 11.5 Å². The second-order valence-corrected chi connectivity index (χ2v) is 5.29. The molecule has 0 heterocycles. The fourth-order valence-electron chi connectivity index (χ4n) is 2.44. The highest BCUT2D eigenvalue weighted by atomic mass is 16.5. The Balaban J connectivity index is 2.20. The molecule has 0 aliphatic heterocycles. The lowest BCUT2D eigenvalue weighted by atomic mass is 9.99. The van der Waals surface area contributed by atoms with Gasteiger partial charge in [-0.15, -0.1) is 0 Å². The van der Waals surface area contributed by atoms with Crippen molar-refractivity contribution in [3.63, 3.8) is 0 Å². The largest absolute Gasteiger partial charge is 0.497 e. The van der Waals surface area contributed by atoms with Gasteiger partial charge in [-0.2, -0.15) is 0 Å². The Labute approximate surface area is 116 Å². The van der Waals surface area contributed by atoms with E-state index in [-0.39, 0.29) is 0 Å². The summed E-state index contributed by atoms with van der Waals surface area (Å²) in [5, 5.41) is 3.65. The van der Waals surface area contributed by atoms with Gasteiger partial charge < -0.3 is 14.8 Å². The summed E-state index contributed by atoms with van der Waals surface area (Å²) in [6.45, 7) is 3.24. The van der Waals surface area contributed by atoms with Gasteiger partial charge >= 0.3 is 0 Å². The summed E-state index contributed by atoms with van der Waals surface area (Å²) in [5.74, 6) is 2.73. The summed E-state index contributed by atoms with van der Waals surface area (Å²) in [6, 6.07) is 6.43. The van der Waals surface area contributed by atoms with E-state index in [9.17, 15) is 0 Å². The molecule has 0 saturated heterocycles. The second-order valence-electron chi connectivity index (χ2n) is 5.29. The van der Waals surface area contributed by atoms with E-state index < -0.39 is 0 Å². The number of ether oxygens (including phenoxy) is 2. The zero-order valence-electron chi connectivity index (χ0n) is 12.2. The van der Waals surface area contributed by atoms with Crippen molar-refractivity contribution in [1.29, 1.82) is 0 Å². The molecule has 0 spiro atoms. The standard InChI is InChI=1S/C16H25NO2/c1-4-9-17-15(10-12-5-6-12)14-11-13(18-2)7-8-16(14)19-3/h7-8,11-12,15,17H,4-6,9-10H2,1-3H3. The van der Waals surface area contributed by atoms with Crippen LogP contribution >= 0.6 is 0 Å². The maximum absolute atomic E-state index is 5.51. The van der Waals surface area contributed by atoms with Gasteiger partial charge in [-0.25, -0.2) is 0 Å². The molecule has 19 heavy (non-hydrogen) atoms. The summed E-state index contributed by atoms with van der Waals surface area (Å²) in [6.07, 6.45) is 5.09. The van der Waals surface area contributed by atoms with Crippen molar-refractivity contribution < 1.29 is 9.47 Å². The lowest BCUT2D eigenvalue weighted by Crippen LogP contribution is -2.23. The highest BCUT2D eigenvalue weighted by Crippen LogP contribution is 2.40. The van der Waals surface area contributed by atoms with E-state index in [1.54, 1.807) is 14.2 Å². The van der Waals surface area contributed by atoms with Gasteiger partial charge in [-0.05, 0) is 43.5 Å². The maximum Gasteiger partial charge on any atom is 0.123 e. The fourth-order valence-corrected chi connectivity index (χ4v) is 2.44. The van der Waals surface area contributed by atoms with Crippen molar-refractivity contribution in [2.45, 2.75) is 38.6 Å². The van der Waals surface area contributed by atoms with E-state index in [1.165, 1.54) is 24.8 Å². The first-order chi connectivity index (χ1) is 9.28. The van der Waals surface area contributed by atoms with Crippen molar-refractivity contribution in [1.82, 2.24) is 5.32 Å². The number of rotatable bonds is 8. The normalized spacial score (nSPS) is 16.2. The summed E-state index contributed by atoms with van der Waals surface area (Å²) < 4.78 is 10.9. The highest BCUT2D eigenvalue weighted by Gasteiger charge is 2.27. The molecule has 0 bridgehead atoms. The molecule has 106 valence electrons. The number of methoxy groups -OCH3 is 2. The van der Waals surface area contributed by atoms with Gasteiger partial charge in [0.2, 0.25) is 0 Å². The van der Waals surface area contributed by atoms with Crippen LogP contribution in [-0.2, 0) is 0 Å². The lowest BCUT2D eigenvalue weighted by Gasteiger charge is -2.22. The van der Waals surface area contributed by atoms with Crippen molar-refractivity contribution in [2.75, 3.05) is 20.8 Å². The Morgan fingerprint density at radius 3 is 2.63 bits per heavy atom. The maximum atomic E-state index is 5.51. The van der Waals surface area contributed by atoms with Crippen LogP contribution in [0.2, 0.25) is 0 Å². The minimum absolute atomic E-state index is 0.373. The van der Waals surface area contributed by atoms with E-state index in [0.29, 0.717) is 6.04 Å². The zero-order valence-corrected chi connectivity index (χ0v) is 12.2. The van der Waals surface area contributed by atoms with Crippen molar-refractivity contribution in [2.24, 2.45) is 5.92 Å². The third-order valence-electron chi connectivity index (χ3n) is 3.72. The third kappa shape index (κ3) is 3.87. The molecule has 1 aliphatic rings. The third-order valence-corrected chi connectivity index (χ3v) is 3.72. The highest BCUT2D eigenvalue weighted by molar-refractivity contribution is 5.42. The molecule has 1 aromatic carbocycles. The second kappa shape index (κ2) is 6.80. The van der Waals surface area contributed by atoms with Crippen LogP contribution in [0.15, 0.2) is 18.2 Å². The number of hydrogen-bond acceptors (Lipinski definition) is 3. The summed E-state index contributed by atoms with van der Waals surface area (Å²) >= 11 is 0. The van der Waals surface area contributed by atoms with Crippen LogP contribution in [-0.4, -0.2) is 20.8 Å². The molecule has 1 unspecified atom stereocenters. The van der Waals surface area contributed by atoms with Crippen LogP contribution in [0, 0.1) is 5.92 Å². The number of nitrogens with one attached hydrogen (secondary N) is 1. The zero-order chi connectivity index (χ0) is 13.7. The van der Waals surface area contributed by atoms with Gasteiger partial charge in [0, 0.05) is 11.6 Å². The van der Waals surface area contributed by atoms with Crippen LogP contribution in [0.1, 0.15) is 44.2 Å². The molecule has 1 aromatic rings. The fraction of sp³-hybridized carbons (Fsp3) is 0.625. The predicted molar refractivity (Wildman–Crippen MR) is 77.9 cm³/mol. The quantitative estimate of drug-likeness (QED) is 0.778. The topological polar surface area (TPSA) is 30.5 Å². The molecule has 1 saturated carbocycles. The van der Waals surface area contributed by atoms with Gasteiger partial charge in [0.1, 0.15) is 11.5 Å². The Hall–Kier alpha value is -1.22. The van der Waals surface area contributed by atoms with E-state index in [4.69, 9.17) is 9.47 Å². The molecular weight excluding hydrogens is 238 g/mol.